The molecule has 0 aliphatic carbocycles. The lowest BCUT2D eigenvalue weighted by Gasteiger charge is -2.21. The maximum Gasteiger partial charge on any atom is 0.232 e. The van der Waals surface area contributed by atoms with Gasteiger partial charge in [0.1, 0.15) is 12.7 Å². The van der Waals surface area contributed by atoms with Crippen molar-refractivity contribution < 1.29 is 14.2 Å². The largest absolute Gasteiger partial charge is 0.488 e. The van der Waals surface area contributed by atoms with Crippen molar-refractivity contribution in [2.45, 2.75) is 26.2 Å². The van der Waals surface area contributed by atoms with Crippen molar-refractivity contribution in [1.29, 1.82) is 5.26 Å². The summed E-state index contributed by atoms with van der Waals surface area (Å²) in [6.07, 6.45) is 1.54. The second-order valence-electron chi connectivity index (χ2n) is 5.22. The van der Waals surface area contributed by atoms with Crippen molar-refractivity contribution in [3.63, 3.8) is 0 Å². The van der Waals surface area contributed by atoms with Crippen LogP contribution in [0.15, 0.2) is 6.20 Å². The van der Waals surface area contributed by atoms with Gasteiger partial charge in [-0.2, -0.15) is 5.26 Å². The molecule has 0 unspecified atom stereocenters. The van der Waals surface area contributed by atoms with Crippen molar-refractivity contribution in [2.75, 3.05) is 33.5 Å². The van der Waals surface area contributed by atoms with Crippen LogP contribution in [0.25, 0.3) is 0 Å². The summed E-state index contributed by atoms with van der Waals surface area (Å²) >= 11 is 0. The molecule has 0 fully saturated rings. The molecule has 0 atom stereocenters. The third-order valence-corrected chi connectivity index (χ3v) is 2.48. The first kappa shape index (κ1) is 16.3. The predicted octanol–water partition coefficient (Wildman–Crippen LogP) is 1.69. The van der Waals surface area contributed by atoms with E-state index in [1.807, 2.05) is 26.8 Å². The number of hydrogen-bond acceptors (Lipinski definition) is 6. The number of nitrogens with zero attached hydrogens (tertiary/aromatic N) is 3. The molecule has 1 heterocycles. The van der Waals surface area contributed by atoms with Gasteiger partial charge in [0.15, 0.2) is 5.75 Å². The number of aromatic nitrogens is 2. The van der Waals surface area contributed by atoms with E-state index < -0.39 is 0 Å². The maximum absolute atomic E-state index is 8.87. The van der Waals surface area contributed by atoms with E-state index in [1.54, 1.807) is 13.3 Å². The lowest BCUT2D eigenvalue weighted by Crippen LogP contribution is -2.18. The first-order valence-corrected chi connectivity index (χ1v) is 6.46. The van der Waals surface area contributed by atoms with E-state index in [2.05, 4.69) is 9.97 Å². The van der Waals surface area contributed by atoms with Gasteiger partial charge in [0, 0.05) is 12.5 Å². The molecule has 0 saturated carbocycles. The van der Waals surface area contributed by atoms with Crippen LogP contribution in [0.2, 0.25) is 0 Å². The Bertz CT molecular complexity index is 464. The van der Waals surface area contributed by atoms with Crippen LogP contribution in [0.1, 0.15) is 32.3 Å². The average molecular weight is 279 g/mol. The second kappa shape index (κ2) is 7.78. The molecule has 0 saturated heterocycles. The number of methoxy groups -OCH3 is 1. The number of rotatable bonds is 7. The minimum Gasteiger partial charge on any atom is -0.488 e. The Labute approximate surface area is 119 Å². The first-order chi connectivity index (χ1) is 9.49. The lowest BCUT2D eigenvalue weighted by atomic mass is 9.91. The van der Waals surface area contributed by atoms with E-state index in [1.165, 1.54) is 0 Å². The maximum atomic E-state index is 8.87. The van der Waals surface area contributed by atoms with E-state index in [4.69, 9.17) is 19.5 Å². The van der Waals surface area contributed by atoms with E-state index in [0.717, 1.165) is 5.69 Å². The fourth-order valence-corrected chi connectivity index (χ4v) is 1.52. The topological polar surface area (TPSA) is 77.3 Å². The van der Waals surface area contributed by atoms with Crippen LogP contribution in [0.4, 0.5) is 0 Å². The minimum absolute atomic E-state index is 0.151. The Morgan fingerprint density at radius 3 is 2.50 bits per heavy atom. The Morgan fingerprint density at radius 1 is 1.20 bits per heavy atom. The summed E-state index contributed by atoms with van der Waals surface area (Å²) in [5.41, 5.74) is 0.502. The molecule has 0 amide bonds. The fourth-order valence-electron chi connectivity index (χ4n) is 1.52. The van der Waals surface area contributed by atoms with Crippen LogP contribution in [0, 0.1) is 11.3 Å². The van der Waals surface area contributed by atoms with E-state index >= 15 is 0 Å². The van der Waals surface area contributed by atoms with Gasteiger partial charge in [0.05, 0.1) is 31.7 Å². The van der Waals surface area contributed by atoms with Gasteiger partial charge in [-0.05, 0) is 0 Å². The standard InChI is InChI=1S/C14H21N3O3/c1-14(2,3)13-11(10-16-12(9-15)17-13)20-8-7-19-6-5-18-4/h10H,5-8H2,1-4H3. The van der Waals surface area contributed by atoms with Crippen LogP contribution >= 0.6 is 0 Å². The zero-order valence-corrected chi connectivity index (χ0v) is 12.5. The van der Waals surface area contributed by atoms with Gasteiger partial charge in [-0.1, -0.05) is 20.8 Å². The van der Waals surface area contributed by atoms with E-state index in [0.29, 0.717) is 32.2 Å². The monoisotopic (exact) mass is 279 g/mol. The summed E-state index contributed by atoms with van der Waals surface area (Å²) < 4.78 is 15.8. The zero-order chi connectivity index (χ0) is 15.0. The van der Waals surface area contributed by atoms with Gasteiger partial charge in [-0.3, -0.25) is 0 Å². The average Bonchev–Trinajstić information content (AvgIpc) is 2.41. The van der Waals surface area contributed by atoms with Gasteiger partial charge in [0.25, 0.3) is 0 Å². The number of nitriles is 1. The van der Waals surface area contributed by atoms with Crippen molar-refractivity contribution in [3.8, 4) is 11.8 Å². The van der Waals surface area contributed by atoms with Crippen LogP contribution in [0.3, 0.4) is 0 Å². The molecule has 1 aromatic heterocycles. The molecule has 20 heavy (non-hydrogen) atoms. The summed E-state index contributed by atoms with van der Waals surface area (Å²) in [4.78, 5) is 8.17. The van der Waals surface area contributed by atoms with Gasteiger partial charge < -0.3 is 14.2 Å². The summed E-state index contributed by atoms with van der Waals surface area (Å²) in [6, 6.07) is 1.94. The summed E-state index contributed by atoms with van der Waals surface area (Å²) in [7, 11) is 1.63. The van der Waals surface area contributed by atoms with Crippen LogP contribution in [0.5, 0.6) is 5.75 Å². The zero-order valence-electron chi connectivity index (χ0n) is 12.5. The van der Waals surface area contributed by atoms with Crippen molar-refractivity contribution in [2.24, 2.45) is 0 Å². The minimum atomic E-state index is -0.221. The predicted molar refractivity (Wildman–Crippen MR) is 73.6 cm³/mol. The molecule has 1 aromatic rings. The highest BCUT2D eigenvalue weighted by Gasteiger charge is 2.22. The molecule has 0 spiro atoms. The summed E-state index contributed by atoms with van der Waals surface area (Å²) in [5, 5.41) is 8.87. The van der Waals surface area contributed by atoms with Gasteiger partial charge in [-0.25, -0.2) is 9.97 Å². The molecule has 6 heteroatoms. The van der Waals surface area contributed by atoms with Crippen molar-refractivity contribution >= 4 is 0 Å². The normalized spacial score (nSPS) is 11.2. The summed E-state index contributed by atoms with van der Waals surface area (Å²) in [5.74, 6) is 0.741. The highest BCUT2D eigenvalue weighted by atomic mass is 16.5. The van der Waals surface area contributed by atoms with Crippen molar-refractivity contribution in [1.82, 2.24) is 9.97 Å². The Morgan fingerprint density at radius 2 is 1.90 bits per heavy atom. The van der Waals surface area contributed by atoms with Gasteiger partial charge in [-0.15, -0.1) is 0 Å². The molecule has 0 aromatic carbocycles. The van der Waals surface area contributed by atoms with E-state index in [9.17, 15) is 0 Å². The molecule has 6 nitrogen and oxygen atoms in total. The van der Waals surface area contributed by atoms with Crippen LogP contribution in [-0.4, -0.2) is 43.5 Å². The molecule has 0 bridgehead atoms. The third kappa shape index (κ3) is 5.11. The van der Waals surface area contributed by atoms with Crippen molar-refractivity contribution in [3.05, 3.63) is 17.7 Å². The number of hydrogen-bond donors (Lipinski definition) is 0. The molecule has 0 radical (unpaired) electrons. The highest BCUT2D eigenvalue weighted by Crippen LogP contribution is 2.28. The molecule has 0 aliphatic rings. The number of ether oxygens (including phenoxy) is 3. The quantitative estimate of drug-likeness (QED) is 0.707. The SMILES string of the molecule is COCCOCCOc1cnc(C#N)nc1C(C)(C)C. The van der Waals surface area contributed by atoms with Gasteiger partial charge >= 0.3 is 0 Å². The molecular formula is C14H21N3O3. The van der Waals surface area contributed by atoms with E-state index in [-0.39, 0.29) is 11.2 Å². The summed E-state index contributed by atoms with van der Waals surface area (Å²) in [6.45, 7) is 8.01. The molecule has 110 valence electrons. The molecule has 0 N–H and O–H groups in total. The Kier molecular flexibility index (Phi) is 6.36. The van der Waals surface area contributed by atoms with Crippen LogP contribution in [-0.2, 0) is 14.9 Å². The Balaban J connectivity index is 2.63. The highest BCUT2D eigenvalue weighted by molar-refractivity contribution is 5.32. The smallest absolute Gasteiger partial charge is 0.232 e. The van der Waals surface area contributed by atoms with Gasteiger partial charge in [0.2, 0.25) is 5.82 Å². The Hall–Kier alpha value is -1.71. The second-order valence-corrected chi connectivity index (χ2v) is 5.22. The molecule has 0 aliphatic heterocycles. The fraction of sp³-hybridized carbons (Fsp3) is 0.643. The molecular weight excluding hydrogens is 258 g/mol. The third-order valence-electron chi connectivity index (χ3n) is 2.48. The van der Waals surface area contributed by atoms with Crippen LogP contribution < -0.4 is 4.74 Å². The molecule has 1 rings (SSSR count). The first-order valence-electron chi connectivity index (χ1n) is 6.46. The lowest BCUT2D eigenvalue weighted by molar-refractivity contribution is 0.0539.